The fraction of sp³-hybridized carbons (Fsp3) is 0.529. The molecule has 0 saturated heterocycles. The largest absolute Gasteiger partial charge is 0.369 e. The molecule has 0 aromatic carbocycles. The lowest BCUT2D eigenvalue weighted by atomic mass is 10.1. The van der Waals surface area contributed by atoms with Crippen LogP contribution in [-0.4, -0.2) is 37.4 Å². The molecule has 1 amide bonds. The van der Waals surface area contributed by atoms with Gasteiger partial charge in [0.1, 0.15) is 10.8 Å². The molecule has 0 saturated carbocycles. The van der Waals surface area contributed by atoms with Gasteiger partial charge in [0.2, 0.25) is 11.9 Å². The molecule has 0 radical (unpaired) electrons. The van der Waals surface area contributed by atoms with Crippen LogP contribution in [0.25, 0.3) is 0 Å². The van der Waals surface area contributed by atoms with Gasteiger partial charge in [-0.05, 0) is 19.3 Å². The molecule has 0 bridgehead atoms. The summed E-state index contributed by atoms with van der Waals surface area (Å²) in [6.45, 7) is 3.65. The van der Waals surface area contributed by atoms with E-state index in [9.17, 15) is 4.79 Å². The number of aryl methyl sites for hydroxylation is 1. The Morgan fingerprint density at radius 1 is 1.26 bits per heavy atom. The van der Waals surface area contributed by atoms with Crippen LogP contribution in [0.3, 0.4) is 0 Å². The summed E-state index contributed by atoms with van der Waals surface area (Å²) in [6.07, 6.45) is 10.2. The van der Waals surface area contributed by atoms with Crippen molar-refractivity contribution in [2.24, 2.45) is 0 Å². The lowest BCUT2D eigenvalue weighted by Gasteiger charge is -2.08. The van der Waals surface area contributed by atoms with Crippen LogP contribution in [0.15, 0.2) is 18.6 Å². The molecule has 9 nitrogen and oxygen atoms in total. The van der Waals surface area contributed by atoms with Gasteiger partial charge in [-0.2, -0.15) is 10.1 Å². The summed E-state index contributed by atoms with van der Waals surface area (Å²) in [5.41, 5.74) is 2.44. The number of hydroxylamine groups is 1. The van der Waals surface area contributed by atoms with Crippen molar-refractivity contribution >= 4 is 35.0 Å². The van der Waals surface area contributed by atoms with Crippen molar-refractivity contribution < 1.29 is 10.0 Å². The Hall–Kier alpha value is -2.39. The van der Waals surface area contributed by atoms with Crippen molar-refractivity contribution in [2.75, 3.05) is 17.2 Å². The van der Waals surface area contributed by atoms with Gasteiger partial charge in [-0.1, -0.05) is 31.4 Å². The van der Waals surface area contributed by atoms with Gasteiger partial charge < -0.3 is 10.6 Å². The summed E-state index contributed by atoms with van der Waals surface area (Å²) in [7, 11) is 0. The van der Waals surface area contributed by atoms with Crippen molar-refractivity contribution in [1.29, 1.82) is 0 Å². The molecule has 0 spiro atoms. The first-order valence-electron chi connectivity index (χ1n) is 9.11. The highest BCUT2D eigenvalue weighted by molar-refractivity contribution is 6.32. The zero-order valence-corrected chi connectivity index (χ0v) is 16.2. The predicted octanol–water partition coefficient (Wildman–Crippen LogP) is 3.35. The molecule has 2 rings (SSSR count). The van der Waals surface area contributed by atoms with E-state index in [1.165, 1.54) is 0 Å². The second-order valence-corrected chi connectivity index (χ2v) is 6.54. The van der Waals surface area contributed by atoms with Gasteiger partial charge in [-0.15, -0.1) is 0 Å². The van der Waals surface area contributed by atoms with E-state index in [-0.39, 0.29) is 5.91 Å². The minimum absolute atomic E-state index is 0.338. The van der Waals surface area contributed by atoms with Crippen molar-refractivity contribution in [2.45, 2.75) is 52.0 Å². The predicted molar refractivity (Wildman–Crippen MR) is 104 cm³/mol. The summed E-state index contributed by atoms with van der Waals surface area (Å²) in [5.74, 6) is 0.730. The molecule has 0 unspecified atom stereocenters. The molecule has 0 fully saturated rings. The van der Waals surface area contributed by atoms with E-state index in [2.05, 4.69) is 32.6 Å². The van der Waals surface area contributed by atoms with E-state index < -0.39 is 0 Å². The Labute approximate surface area is 163 Å². The van der Waals surface area contributed by atoms with E-state index in [1.54, 1.807) is 17.9 Å². The molecule has 10 heteroatoms. The van der Waals surface area contributed by atoms with Gasteiger partial charge in [0.05, 0.1) is 18.1 Å². The van der Waals surface area contributed by atoms with E-state index >= 15 is 0 Å². The smallest absolute Gasteiger partial charge is 0.243 e. The van der Waals surface area contributed by atoms with Crippen LogP contribution in [0.1, 0.15) is 45.4 Å². The monoisotopic (exact) mass is 395 g/mol. The normalized spacial score (nSPS) is 10.6. The first-order chi connectivity index (χ1) is 13.1. The maximum Gasteiger partial charge on any atom is 0.243 e. The van der Waals surface area contributed by atoms with Crippen molar-refractivity contribution in [1.82, 2.24) is 25.2 Å². The number of carbonyl (C=O) groups is 1. The zero-order valence-electron chi connectivity index (χ0n) is 15.4. The van der Waals surface area contributed by atoms with Crippen molar-refractivity contribution in [3.63, 3.8) is 0 Å². The Kier molecular flexibility index (Phi) is 8.79. The van der Waals surface area contributed by atoms with Crippen LogP contribution < -0.4 is 16.1 Å². The number of aromatic nitrogens is 4. The molecule has 2 aromatic heterocycles. The highest BCUT2D eigenvalue weighted by Crippen LogP contribution is 2.21. The Bertz CT molecular complexity index is 723. The number of carbonyl (C=O) groups excluding carboxylic acids is 1. The number of anilines is 3. The van der Waals surface area contributed by atoms with E-state index in [0.29, 0.717) is 23.2 Å². The quantitative estimate of drug-likeness (QED) is 0.247. The Morgan fingerprint density at radius 3 is 2.85 bits per heavy atom. The van der Waals surface area contributed by atoms with Gasteiger partial charge in [0.15, 0.2) is 0 Å². The summed E-state index contributed by atoms with van der Waals surface area (Å²) >= 11 is 6.09. The molecule has 0 aliphatic rings. The second-order valence-electron chi connectivity index (χ2n) is 6.13. The first kappa shape index (κ1) is 20.9. The number of halogens is 1. The molecule has 4 N–H and O–H groups in total. The highest BCUT2D eigenvalue weighted by atomic mass is 35.5. The third kappa shape index (κ3) is 7.40. The fourth-order valence-electron chi connectivity index (χ4n) is 2.44. The van der Waals surface area contributed by atoms with Crippen molar-refractivity contribution in [3.8, 4) is 0 Å². The zero-order chi connectivity index (χ0) is 19.5. The minimum Gasteiger partial charge on any atom is -0.369 e. The van der Waals surface area contributed by atoms with Crippen LogP contribution in [0.2, 0.25) is 5.02 Å². The molecular weight excluding hydrogens is 370 g/mol. The standard InChI is InChI=1S/C17H26ClN7O2/c1-2-8-19-16-14(18)11-20-17(23-16)22-13-10-21-25(12-13)9-6-4-3-5-7-15(26)24-27/h10-12,27H,2-9H2,1H3,(H,24,26)(H2,19,20,22,23). The van der Waals surface area contributed by atoms with E-state index in [4.69, 9.17) is 16.8 Å². The van der Waals surface area contributed by atoms with Gasteiger partial charge >= 0.3 is 0 Å². The van der Waals surface area contributed by atoms with Gasteiger partial charge in [-0.25, -0.2) is 10.5 Å². The summed E-state index contributed by atoms with van der Waals surface area (Å²) in [4.78, 5) is 19.5. The molecule has 148 valence electrons. The van der Waals surface area contributed by atoms with E-state index in [0.717, 1.165) is 50.9 Å². The Balaban J connectivity index is 1.76. The number of nitrogens with zero attached hydrogens (tertiary/aromatic N) is 4. The number of hydrogen-bond acceptors (Lipinski definition) is 7. The highest BCUT2D eigenvalue weighted by Gasteiger charge is 2.06. The lowest BCUT2D eigenvalue weighted by Crippen LogP contribution is -2.17. The number of unbranched alkanes of at least 4 members (excludes halogenated alkanes) is 3. The molecule has 2 heterocycles. The third-order valence-electron chi connectivity index (χ3n) is 3.84. The second kappa shape index (κ2) is 11.3. The average molecular weight is 396 g/mol. The molecule has 2 aromatic rings. The SMILES string of the molecule is CCCNc1nc(Nc2cnn(CCCCCCC(=O)NO)c2)ncc1Cl. The van der Waals surface area contributed by atoms with Crippen LogP contribution in [0.4, 0.5) is 17.5 Å². The van der Waals surface area contributed by atoms with Gasteiger partial charge in [0.25, 0.3) is 0 Å². The topological polar surface area (TPSA) is 117 Å². The number of rotatable bonds is 12. The first-order valence-corrected chi connectivity index (χ1v) is 9.49. The van der Waals surface area contributed by atoms with Gasteiger partial charge in [-0.3, -0.25) is 14.7 Å². The maximum absolute atomic E-state index is 10.9. The van der Waals surface area contributed by atoms with Crippen LogP contribution in [0.5, 0.6) is 0 Å². The summed E-state index contributed by atoms with van der Waals surface area (Å²) in [5, 5.41) is 19.5. The van der Waals surface area contributed by atoms with Crippen LogP contribution in [0, 0.1) is 0 Å². The van der Waals surface area contributed by atoms with E-state index in [1.807, 2.05) is 10.9 Å². The van der Waals surface area contributed by atoms with Crippen LogP contribution >= 0.6 is 11.6 Å². The summed E-state index contributed by atoms with van der Waals surface area (Å²) < 4.78 is 1.86. The summed E-state index contributed by atoms with van der Waals surface area (Å²) in [6, 6.07) is 0. The lowest BCUT2D eigenvalue weighted by molar-refractivity contribution is -0.129. The molecule has 0 atom stereocenters. The Morgan fingerprint density at radius 2 is 2.07 bits per heavy atom. The molecule has 0 aliphatic heterocycles. The number of amides is 1. The van der Waals surface area contributed by atoms with Gasteiger partial charge in [0, 0.05) is 25.7 Å². The van der Waals surface area contributed by atoms with Crippen LogP contribution in [-0.2, 0) is 11.3 Å². The average Bonchev–Trinajstić information content (AvgIpc) is 3.11. The minimum atomic E-state index is -0.338. The third-order valence-corrected chi connectivity index (χ3v) is 4.12. The van der Waals surface area contributed by atoms with Crippen molar-refractivity contribution in [3.05, 3.63) is 23.6 Å². The molecule has 0 aliphatic carbocycles. The fourth-order valence-corrected chi connectivity index (χ4v) is 2.60. The molecular formula is C17H26ClN7O2. The maximum atomic E-state index is 10.9. The number of hydrogen-bond donors (Lipinski definition) is 4. The molecule has 27 heavy (non-hydrogen) atoms. The number of nitrogens with one attached hydrogen (secondary N) is 3.